The van der Waals surface area contributed by atoms with Crippen molar-refractivity contribution < 1.29 is 14.7 Å². The quantitative estimate of drug-likeness (QED) is 0.746. The van der Waals surface area contributed by atoms with Gasteiger partial charge < -0.3 is 16.2 Å². The maximum atomic E-state index is 12.3. The van der Waals surface area contributed by atoms with Crippen LogP contribution >= 0.6 is 11.6 Å². The number of nitrogen functional groups attached to an aromatic ring is 1. The molecule has 2 saturated carbocycles. The zero-order valence-corrected chi connectivity index (χ0v) is 12.1. The highest BCUT2D eigenvalue weighted by atomic mass is 35.5. The fourth-order valence-corrected chi connectivity index (χ4v) is 4.08. The zero-order valence-electron chi connectivity index (χ0n) is 11.4. The van der Waals surface area contributed by atoms with Crippen LogP contribution in [0.4, 0.5) is 5.69 Å². The second-order valence-electron chi connectivity index (χ2n) is 5.97. The Balaban J connectivity index is 1.79. The molecule has 0 spiro atoms. The number of benzene rings is 1. The molecule has 0 saturated heterocycles. The molecule has 1 aromatic carbocycles. The van der Waals surface area contributed by atoms with Crippen LogP contribution in [0.15, 0.2) is 18.2 Å². The summed E-state index contributed by atoms with van der Waals surface area (Å²) < 4.78 is 0. The first-order valence-corrected chi connectivity index (χ1v) is 7.43. The van der Waals surface area contributed by atoms with E-state index in [1.807, 2.05) is 0 Å². The number of carboxylic acid groups (broad SMARTS) is 1. The van der Waals surface area contributed by atoms with E-state index in [1.54, 1.807) is 12.1 Å². The fourth-order valence-electron chi connectivity index (χ4n) is 3.83. The van der Waals surface area contributed by atoms with Crippen LogP contribution < -0.4 is 11.1 Å². The minimum absolute atomic E-state index is 0.183. The van der Waals surface area contributed by atoms with Gasteiger partial charge in [-0.05, 0) is 49.3 Å². The first kappa shape index (κ1) is 14.2. The third-order valence-electron chi connectivity index (χ3n) is 4.68. The van der Waals surface area contributed by atoms with Crippen molar-refractivity contribution in [3.63, 3.8) is 0 Å². The number of nitrogens with two attached hydrogens (primary N) is 1. The van der Waals surface area contributed by atoms with Gasteiger partial charge in [0.05, 0.1) is 5.92 Å². The molecule has 21 heavy (non-hydrogen) atoms. The number of nitrogens with one attached hydrogen (secondary N) is 1. The van der Waals surface area contributed by atoms with Gasteiger partial charge in [0.2, 0.25) is 0 Å². The Morgan fingerprint density at radius 3 is 2.62 bits per heavy atom. The predicted octanol–water partition coefficient (Wildman–Crippen LogP) is 2.15. The Morgan fingerprint density at radius 1 is 1.24 bits per heavy atom. The number of amides is 1. The third kappa shape index (κ3) is 2.58. The molecule has 2 aliphatic carbocycles. The summed E-state index contributed by atoms with van der Waals surface area (Å²) in [6.45, 7) is 0. The number of anilines is 1. The van der Waals surface area contributed by atoms with Crippen molar-refractivity contribution in [2.45, 2.75) is 25.3 Å². The maximum Gasteiger partial charge on any atom is 0.308 e. The smallest absolute Gasteiger partial charge is 0.308 e. The maximum absolute atomic E-state index is 12.3. The van der Waals surface area contributed by atoms with Crippen molar-refractivity contribution in [1.82, 2.24) is 5.32 Å². The molecule has 6 heteroatoms. The van der Waals surface area contributed by atoms with Gasteiger partial charge in [-0.1, -0.05) is 11.6 Å². The lowest BCUT2D eigenvalue weighted by molar-refractivity contribution is -0.144. The van der Waals surface area contributed by atoms with E-state index in [2.05, 4.69) is 5.32 Å². The van der Waals surface area contributed by atoms with Gasteiger partial charge in [-0.3, -0.25) is 9.59 Å². The number of carbonyl (C=O) groups excluding carboxylic acids is 1. The third-order valence-corrected chi connectivity index (χ3v) is 4.90. The minimum Gasteiger partial charge on any atom is -0.481 e. The average Bonchev–Trinajstić information content (AvgIpc) is 2.97. The Kier molecular flexibility index (Phi) is 3.53. The highest BCUT2D eigenvalue weighted by Crippen LogP contribution is 2.48. The van der Waals surface area contributed by atoms with Crippen LogP contribution in [0.1, 0.15) is 29.6 Å². The molecule has 5 nitrogen and oxygen atoms in total. The van der Waals surface area contributed by atoms with Crippen molar-refractivity contribution in [1.29, 1.82) is 0 Å². The SMILES string of the molecule is Nc1cc(Cl)cc(C(=O)NC2C3CCC(C3)C2C(=O)O)c1. The number of carbonyl (C=O) groups is 2. The van der Waals surface area contributed by atoms with Crippen LogP contribution in [0.3, 0.4) is 0 Å². The number of hydrogen-bond acceptors (Lipinski definition) is 3. The number of carboxylic acids is 1. The van der Waals surface area contributed by atoms with Gasteiger partial charge in [0.15, 0.2) is 0 Å². The van der Waals surface area contributed by atoms with Crippen molar-refractivity contribution in [2.75, 3.05) is 5.73 Å². The first-order valence-electron chi connectivity index (χ1n) is 7.05. The minimum atomic E-state index is -0.821. The second kappa shape index (κ2) is 5.22. The van der Waals surface area contributed by atoms with E-state index in [1.165, 1.54) is 6.07 Å². The van der Waals surface area contributed by atoms with Crippen LogP contribution in [0.25, 0.3) is 0 Å². The molecule has 0 heterocycles. The molecule has 112 valence electrons. The molecule has 0 aromatic heterocycles. The highest BCUT2D eigenvalue weighted by Gasteiger charge is 2.51. The Labute approximate surface area is 127 Å². The van der Waals surface area contributed by atoms with E-state index < -0.39 is 11.9 Å². The van der Waals surface area contributed by atoms with Gasteiger partial charge in [0.1, 0.15) is 0 Å². The Morgan fingerprint density at radius 2 is 1.95 bits per heavy atom. The summed E-state index contributed by atoms with van der Waals surface area (Å²) in [6.07, 6.45) is 2.81. The van der Waals surface area contributed by atoms with Crippen LogP contribution in [-0.2, 0) is 4.79 Å². The second-order valence-corrected chi connectivity index (χ2v) is 6.41. The lowest BCUT2D eigenvalue weighted by Gasteiger charge is -2.28. The molecule has 0 aliphatic heterocycles. The Hall–Kier alpha value is -1.75. The molecule has 4 unspecified atom stereocenters. The van der Waals surface area contributed by atoms with Gasteiger partial charge in [-0.25, -0.2) is 0 Å². The number of hydrogen-bond donors (Lipinski definition) is 3. The highest BCUT2D eigenvalue weighted by molar-refractivity contribution is 6.31. The number of rotatable bonds is 3. The van der Waals surface area contributed by atoms with Crippen LogP contribution in [0.2, 0.25) is 5.02 Å². The molecule has 1 amide bonds. The zero-order chi connectivity index (χ0) is 15.1. The molecule has 4 N–H and O–H groups in total. The molecule has 2 fully saturated rings. The lowest BCUT2D eigenvalue weighted by atomic mass is 9.84. The van der Waals surface area contributed by atoms with Crippen molar-refractivity contribution in [3.8, 4) is 0 Å². The van der Waals surface area contributed by atoms with E-state index in [-0.39, 0.29) is 23.8 Å². The largest absolute Gasteiger partial charge is 0.481 e. The predicted molar refractivity (Wildman–Crippen MR) is 79.1 cm³/mol. The van der Waals surface area contributed by atoms with Gasteiger partial charge in [-0.15, -0.1) is 0 Å². The van der Waals surface area contributed by atoms with Crippen LogP contribution in [0, 0.1) is 17.8 Å². The Bertz CT molecular complexity index is 584. The standard InChI is InChI=1S/C15H17ClN2O3/c16-10-4-9(5-11(17)6-10)14(19)18-13-8-2-1-7(3-8)12(13)15(20)21/h4-8,12-13H,1-3,17H2,(H,18,19)(H,20,21). The van der Waals surface area contributed by atoms with Gasteiger partial charge in [0, 0.05) is 22.3 Å². The van der Waals surface area contributed by atoms with E-state index >= 15 is 0 Å². The summed E-state index contributed by atoms with van der Waals surface area (Å²) >= 11 is 5.90. The van der Waals surface area contributed by atoms with Gasteiger partial charge in [0.25, 0.3) is 5.91 Å². The summed E-state index contributed by atoms with van der Waals surface area (Å²) in [6, 6.07) is 4.35. The summed E-state index contributed by atoms with van der Waals surface area (Å²) in [5.74, 6) is -1.17. The molecule has 1 aromatic rings. The summed E-state index contributed by atoms with van der Waals surface area (Å²) in [7, 11) is 0. The topological polar surface area (TPSA) is 92.4 Å². The fraction of sp³-hybridized carbons (Fsp3) is 0.467. The normalized spacial score (nSPS) is 30.3. The number of fused-ring (bicyclic) bond motifs is 2. The van der Waals surface area contributed by atoms with E-state index in [0.29, 0.717) is 16.3 Å². The van der Waals surface area contributed by atoms with Crippen LogP contribution in [0.5, 0.6) is 0 Å². The van der Waals surface area contributed by atoms with E-state index in [4.69, 9.17) is 17.3 Å². The van der Waals surface area contributed by atoms with Gasteiger partial charge in [-0.2, -0.15) is 0 Å². The number of halogens is 1. The molecule has 2 bridgehead atoms. The molecule has 3 rings (SSSR count). The van der Waals surface area contributed by atoms with E-state index in [9.17, 15) is 14.7 Å². The average molecular weight is 309 g/mol. The lowest BCUT2D eigenvalue weighted by Crippen LogP contribution is -2.46. The molecular formula is C15H17ClN2O3. The van der Waals surface area contributed by atoms with Crippen molar-refractivity contribution in [3.05, 3.63) is 28.8 Å². The van der Waals surface area contributed by atoms with E-state index in [0.717, 1.165) is 19.3 Å². The summed E-state index contributed by atoms with van der Waals surface area (Å²) in [5.41, 5.74) is 6.46. The molecule has 0 radical (unpaired) electrons. The number of aliphatic carboxylic acids is 1. The summed E-state index contributed by atoms with van der Waals surface area (Å²) in [4.78, 5) is 23.8. The monoisotopic (exact) mass is 308 g/mol. The molecule has 4 atom stereocenters. The van der Waals surface area contributed by atoms with Crippen molar-refractivity contribution >= 4 is 29.2 Å². The molecular weight excluding hydrogens is 292 g/mol. The summed E-state index contributed by atoms with van der Waals surface area (Å²) in [5, 5.41) is 12.7. The van der Waals surface area contributed by atoms with Crippen molar-refractivity contribution in [2.24, 2.45) is 17.8 Å². The first-order chi connectivity index (χ1) is 9.95. The van der Waals surface area contributed by atoms with Crippen LogP contribution in [-0.4, -0.2) is 23.0 Å². The van der Waals surface area contributed by atoms with Gasteiger partial charge >= 0.3 is 5.97 Å². The molecule has 2 aliphatic rings.